The number of carboxylic acid groups (broad SMARTS) is 1. The zero-order chi connectivity index (χ0) is 14.6. The number of amides is 1. The summed E-state index contributed by atoms with van der Waals surface area (Å²) in [5.41, 5.74) is -1.99. The van der Waals surface area contributed by atoms with Crippen molar-refractivity contribution >= 4 is 35.3 Å². The number of alkyl halides is 2. The van der Waals surface area contributed by atoms with Crippen LogP contribution in [0.5, 0.6) is 0 Å². The number of hydrogen-bond donors (Lipinski definition) is 2. The lowest BCUT2D eigenvalue weighted by atomic mass is 9.93. The molecule has 2 atom stereocenters. The molecule has 2 aliphatic rings. The SMILES string of the molecule is CC(C)(C)OC(=O)NC1(C(=O)O)CC2C(C1)C2(Cl)Cl. The number of carboxylic acids is 1. The van der Waals surface area contributed by atoms with Gasteiger partial charge in [0.15, 0.2) is 0 Å². The van der Waals surface area contributed by atoms with E-state index < -0.39 is 27.5 Å². The lowest BCUT2D eigenvalue weighted by Gasteiger charge is -2.30. The molecule has 0 radical (unpaired) electrons. The molecule has 0 aromatic carbocycles. The molecule has 0 spiro atoms. The van der Waals surface area contributed by atoms with Crippen molar-refractivity contribution < 1.29 is 19.4 Å². The first-order valence-electron chi connectivity index (χ1n) is 6.10. The van der Waals surface area contributed by atoms with Crippen LogP contribution < -0.4 is 5.32 Å². The van der Waals surface area contributed by atoms with E-state index in [0.717, 1.165) is 0 Å². The van der Waals surface area contributed by atoms with Crippen LogP contribution in [0, 0.1) is 11.8 Å². The Morgan fingerprint density at radius 1 is 1.26 bits per heavy atom. The fourth-order valence-corrected chi connectivity index (χ4v) is 3.47. The Kier molecular flexibility index (Phi) is 3.22. The predicted octanol–water partition coefficient (Wildman–Crippen LogP) is 2.55. The molecule has 2 saturated carbocycles. The largest absolute Gasteiger partial charge is 0.480 e. The molecule has 0 aromatic rings. The van der Waals surface area contributed by atoms with E-state index in [2.05, 4.69) is 5.32 Å². The summed E-state index contributed by atoms with van der Waals surface area (Å²) < 4.78 is 4.26. The quantitative estimate of drug-likeness (QED) is 0.769. The molecule has 2 unspecified atom stereocenters. The summed E-state index contributed by atoms with van der Waals surface area (Å²) in [5, 5.41) is 11.8. The molecule has 19 heavy (non-hydrogen) atoms. The fraction of sp³-hybridized carbons (Fsp3) is 0.833. The van der Waals surface area contributed by atoms with Gasteiger partial charge in [0.1, 0.15) is 15.5 Å². The average Bonchev–Trinajstić information content (AvgIpc) is 2.58. The number of nitrogens with one attached hydrogen (secondary N) is 1. The van der Waals surface area contributed by atoms with Crippen molar-refractivity contribution in [1.29, 1.82) is 0 Å². The Morgan fingerprint density at radius 3 is 2.11 bits per heavy atom. The third-order valence-corrected chi connectivity index (χ3v) is 4.77. The molecule has 108 valence electrons. The number of rotatable bonds is 2. The van der Waals surface area contributed by atoms with Gasteiger partial charge in [0.25, 0.3) is 0 Å². The lowest BCUT2D eigenvalue weighted by Crippen LogP contribution is -2.55. The van der Waals surface area contributed by atoms with Gasteiger partial charge in [-0.05, 0) is 33.6 Å². The second-order valence-corrected chi connectivity index (χ2v) is 7.75. The summed E-state index contributed by atoms with van der Waals surface area (Å²) >= 11 is 12.0. The summed E-state index contributed by atoms with van der Waals surface area (Å²) in [6, 6.07) is 0. The average molecular weight is 310 g/mol. The molecule has 2 aliphatic carbocycles. The van der Waals surface area contributed by atoms with Gasteiger partial charge in [-0.25, -0.2) is 9.59 Å². The third kappa shape index (κ3) is 2.63. The summed E-state index contributed by atoms with van der Waals surface area (Å²) in [5.74, 6) is -1.24. The number of carbonyl (C=O) groups excluding carboxylic acids is 1. The summed E-state index contributed by atoms with van der Waals surface area (Å²) in [6.45, 7) is 5.15. The van der Waals surface area contributed by atoms with Crippen LogP contribution in [-0.2, 0) is 9.53 Å². The van der Waals surface area contributed by atoms with Crippen molar-refractivity contribution in [2.75, 3.05) is 0 Å². The van der Waals surface area contributed by atoms with Gasteiger partial charge in [-0.15, -0.1) is 23.2 Å². The standard InChI is InChI=1S/C12H17Cl2NO4/c1-10(2,3)19-9(18)15-11(8(16)17)4-6-7(5-11)12(6,13)14/h6-7H,4-5H2,1-3H3,(H,15,18)(H,16,17). The Bertz CT molecular complexity index is 416. The highest BCUT2D eigenvalue weighted by atomic mass is 35.5. The molecular formula is C12H17Cl2NO4. The normalized spacial score (nSPS) is 35.4. The molecule has 5 nitrogen and oxygen atoms in total. The zero-order valence-corrected chi connectivity index (χ0v) is 12.5. The minimum absolute atomic E-state index is 0.0816. The van der Waals surface area contributed by atoms with E-state index >= 15 is 0 Å². The highest BCUT2D eigenvalue weighted by Gasteiger charge is 2.73. The first kappa shape index (κ1) is 14.7. The highest BCUT2D eigenvalue weighted by Crippen LogP contribution is 2.69. The van der Waals surface area contributed by atoms with Crippen LogP contribution in [0.4, 0.5) is 4.79 Å². The fourth-order valence-electron chi connectivity index (χ4n) is 2.68. The first-order chi connectivity index (χ1) is 8.48. The molecule has 7 heteroatoms. The predicted molar refractivity (Wildman–Crippen MR) is 70.4 cm³/mol. The highest BCUT2D eigenvalue weighted by molar-refractivity contribution is 6.51. The van der Waals surface area contributed by atoms with Gasteiger partial charge in [0.05, 0.1) is 0 Å². The number of hydrogen-bond acceptors (Lipinski definition) is 3. The van der Waals surface area contributed by atoms with Gasteiger partial charge in [-0.1, -0.05) is 0 Å². The number of fused-ring (bicyclic) bond motifs is 1. The number of halogens is 2. The Hall–Kier alpha value is -0.680. The molecule has 2 N–H and O–H groups in total. The van der Waals surface area contributed by atoms with Gasteiger partial charge >= 0.3 is 12.1 Å². The van der Waals surface area contributed by atoms with Crippen molar-refractivity contribution in [3.63, 3.8) is 0 Å². The monoisotopic (exact) mass is 309 g/mol. The second kappa shape index (κ2) is 4.16. The van der Waals surface area contributed by atoms with Gasteiger partial charge in [-0.2, -0.15) is 0 Å². The molecule has 0 aliphatic heterocycles. The van der Waals surface area contributed by atoms with E-state index in [-0.39, 0.29) is 24.7 Å². The molecule has 0 saturated heterocycles. The van der Waals surface area contributed by atoms with Gasteiger partial charge in [0, 0.05) is 11.8 Å². The van der Waals surface area contributed by atoms with Gasteiger partial charge in [0.2, 0.25) is 0 Å². The molecule has 1 amide bonds. The first-order valence-corrected chi connectivity index (χ1v) is 6.86. The Morgan fingerprint density at radius 2 is 1.74 bits per heavy atom. The summed E-state index contributed by atoms with van der Waals surface area (Å²) in [6.07, 6.45) is -0.260. The van der Waals surface area contributed by atoms with Crippen LogP contribution >= 0.6 is 23.2 Å². The summed E-state index contributed by atoms with van der Waals surface area (Å²) in [7, 11) is 0. The molecular weight excluding hydrogens is 293 g/mol. The maximum absolute atomic E-state index is 11.7. The molecule has 0 bridgehead atoms. The van der Waals surface area contributed by atoms with Crippen molar-refractivity contribution in [3.8, 4) is 0 Å². The van der Waals surface area contributed by atoms with Crippen LogP contribution in [0.3, 0.4) is 0 Å². The van der Waals surface area contributed by atoms with Crippen molar-refractivity contribution in [2.45, 2.75) is 49.1 Å². The van der Waals surface area contributed by atoms with Crippen molar-refractivity contribution in [3.05, 3.63) is 0 Å². The summed E-state index contributed by atoms with van der Waals surface area (Å²) in [4.78, 5) is 23.2. The van der Waals surface area contributed by atoms with E-state index in [4.69, 9.17) is 27.9 Å². The molecule has 0 heterocycles. The van der Waals surface area contributed by atoms with E-state index in [9.17, 15) is 14.7 Å². The molecule has 2 rings (SSSR count). The number of carbonyl (C=O) groups is 2. The van der Waals surface area contributed by atoms with Gasteiger partial charge < -0.3 is 15.2 Å². The zero-order valence-electron chi connectivity index (χ0n) is 11.0. The van der Waals surface area contributed by atoms with E-state index in [1.54, 1.807) is 20.8 Å². The Labute approximate surface area is 121 Å². The van der Waals surface area contributed by atoms with E-state index in [1.807, 2.05) is 0 Å². The lowest BCUT2D eigenvalue weighted by molar-refractivity contribution is -0.145. The third-order valence-electron chi connectivity index (χ3n) is 3.65. The van der Waals surface area contributed by atoms with Crippen LogP contribution in [-0.4, -0.2) is 32.6 Å². The number of ether oxygens (including phenoxy) is 1. The number of alkyl carbamates (subject to hydrolysis) is 1. The molecule has 0 aromatic heterocycles. The van der Waals surface area contributed by atoms with Crippen LogP contribution in [0.2, 0.25) is 0 Å². The van der Waals surface area contributed by atoms with E-state index in [0.29, 0.717) is 0 Å². The topological polar surface area (TPSA) is 75.6 Å². The maximum Gasteiger partial charge on any atom is 0.408 e. The van der Waals surface area contributed by atoms with Crippen LogP contribution in [0.15, 0.2) is 0 Å². The smallest absolute Gasteiger partial charge is 0.408 e. The minimum atomic E-state index is -1.31. The minimum Gasteiger partial charge on any atom is -0.480 e. The Balaban J connectivity index is 2.04. The van der Waals surface area contributed by atoms with Crippen molar-refractivity contribution in [2.24, 2.45) is 11.8 Å². The molecule has 2 fully saturated rings. The van der Waals surface area contributed by atoms with Gasteiger partial charge in [-0.3, -0.25) is 0 Å². The second-order valence-electron chi connectivity index (χ2n) is 6.31. The maximum atomic E-state index is 11.7. The number of aliphatic carboxylic acids is 1. The van der Waals surface area contributed by atoms with Crippen LogP contribution in [0.25, 0.3) is 0 Å². The van der Waals surface area contributed by atoms with Crippen LogP contribution in [0.1, 0.15) is 33.6 Å². The van der Waals surface area contributed by atoms with Crippen molar-refractivity contribution in [1.82, 2.24) is 5.32 Å². The van der Waals surface area contributed by atoms with E-state index in [1.165, 1.54) is 0 Å².